The Labute approximate surface area is 76.7 Å². The molecular weight excluding hydrogens is 190 g/mol. The number of H-pyrrole nitrogens is 1. The maximum atomic E-state index is 10.8. The Hall–Kier alpha value is -1.69. The van der Waals surface area contributed by atoms with Gasteiger partial charge in [0.25, 0.3) is 0 Å². The van der Waals surface area contributed by atoms with Crippen LogP contribution in [0.1, 0.15) is 0 Å². The molecule has 13 heavy (non-hydrogen) atoms. The fourth-order valence-corrected chi connectivity index (χ4v) is 1.49. The molecular formula is C7H5N3O2S. The molecule has 0 fully saturated rings. The van der Waals surface area contributed by atoms with Gasteiger partial charge in [-0.3, -0.25) is 9.78 Å². The first-order valence-corrected chi connectivity index (χ1v) is 4.27. The van der Waals surface area contributed by atoms with Crippen LogP contribution in [-0.4, -0.2) is 20.3 Å². The predicted octanol–water partition coefficient (Wildman–Crippen LogP) is 0.599. The van der Waals surface area contributed by atoms with Crippen LogP contribution in [0.4, 0.5) is 0 Å². The molecule has 0 atom stereocenters. The fraction of sp³-hybridized carbons (Fsp3) is 0. The van der Waals surface area contributed by atoms with E-state index in [1.807, 2.05) is 0 Å². The van der Waals surface area contributed by atoms with E-state index >= 15 is 0 Å². The van der Waals surface area contributed by atoms with Gasteiger partial charge in [0.1, 0.15) is 10.8 Å². The van der Waals surface area contributed by atoms with Gasteiger partial charge < -0.3 is 5.11 Å². The molecule has 0 unspecified atom stereocenters. The van der Waals surface area contributed by atoms with Gasteiger partial charge in [-0.15, -0.1) is 0 Å². The molecule has 0 aromatic carbocycles. The first-order chi connectivity index (χ1) is 6.25. The van der Waals surface area contributed by atoms with Gasteiger partial charge in [-0.2, -0.15) is 5.10 Å². The number of nitrogens with one attached hydrogen (secondary N) is 1. The minimum Gasteiger partial charge on any atom is -0.506 e. The number of aromatic nitrogens is 3. The Morgan fingerprint density at radius 2 is 2.31 bits per heavy atom. The molecule has 0 aliphatic carbocycles. The molecule has 0 aliphatic rings. The van der Waals surface area contributed by atoms with Gasteiger partial charge in [0.15, 0.2) is 0 Å². The highest BCUT2D eigenvalue weighted by Gasteiger charge is 2.03. The van der Waals surface area contributed by atoms with Crippen molar-refractivity contribution in [2.24, 2.45) is 0 Å². The molecule has 0 amide bonds. The highest BCUT2D eigenvalue weighted by molar-refractivity contribution is 7.12. The smallest absolute Gasteiger partial charge is 0.322 e. The Bertz CT molecular complexity index is 476. The van der Waals surface area contributed by atoms with Gasteiger partial charge in [-0.25, -0.2) is 5.10 Å². The highest BCUT2D eigenvalue weighted by Crippen LogP contribution is 2.20. The topological polar surface area (TPSA) is 78.9 Å². The fourth-order valence-electron chi connectivity index (χ4n) is 0.898. The van der Waals surface area contributed by atoms with Crippen LogP contribution in [0.25, 0.3) is 10.6 Å². The zero-order chi connectivity index (χ0) is 9.26. The summed E-state index contributed by atoms with van der Waals surface area (Å²) in [5.41, 5.74) is 0.628. The predicted molar refractivity (Wildman–Crippen MR) is 47.6 cm³/mol. The molecule has 0 radical (unpaired) electrons. The van der Waals surface area contributed by atoms with E-state index in [0.29, 0.717) is 10.6 Å². The summed E-state index contributed by atoms with van der Waals surface area (Å²) in [7, 11) is 0. The number of aromatic amines is 1. The number of nitrogens with zero attached hydrogens (tertiary/aromatic N) is 2. The van der Waals surface area contributed by atoms with Crippen molar-refractivity contribution < 1.29 is 5.11 Å². The lowest BCUT2D eigenvalue weighted by Gasteiger charge is -1.93. The Morgan fingerprint density at radius 1 is 1.46 bits per heavy atom. The third-order valence-corrected chi connectivity index (χ3v) is 2.21. The van der Waals surface area contributed by atoms with Gasteiger partial charge in [0.2, 0.25) is 0 Å². The number of hydrogen-bond acceptors (Lipinski definition) is 5. The second-order valence-electron chi connectivity index (χ2n) is 2.35. The molecule has 0 aliphatic heterocycles. The second-order valence-corrected chi connectivity index (χ2v) is 3.31. The normalized spacial score (nSPS) is 10.2. The molecule has 2 aromatic heterocycles. The minimum absolute atomic E-state index is 0.0557. The summed E-state index contributed by atoms with van der Waals surface area (Å²) in [4.78, 5) is 14.3. The van der Waals surface area contributed by atoms with Crippen molar-refractivity contribution in [2.45, 2.75) is 0 Å². The van der Waals surface area contributed by atoms with Crippen molar-refractivity contribution in [3.8, 4) is 16.3 Å². The summed E-state index contributed by atoms with van der Waals surface area (Å²) in [6.45, 7) is 0. The molecule has 2 heterocycles. The number of rotatable bonds is 1. The second kappa shape index (κ2) is 2.98. The van der Waals surface area contributed by atoms with Crippen molar-refractivity contribution in [1.29, 1.82) is 0 Å². The standard InChI is InChI=1S/C7H5N3O2S/c11-5-1-4(2-8-3-5)6-9-10-7(12)13-6/h1-3,11H,(H,10,12). The highest BCUT2D eigenvalue weighted by atomic mass is 32.1. The van der Waals surface area contributed by atoms with Gasteiger partial charge in [0, 0.05) is 11.8 Å². The summed E-state index contributed by atoms with van der Waals surface area (Å²) < 4.78 is 0. The third-order valence-electron chi connectivity index (χ3n) is 1.41. The van der Waals surface area contributed by atoms with E-state index in [0.717, 1.165) is 11.3 Å². The summed E-state index contributed by atoms with van der Waals surface area (Å²) in [6, 6.07) is 1.50. The van der Waals surface area contributed by atoms with E-state index in [1.165, 1.54) is 18.5 Å². The molecule has 6 heteroatoms. The monoisotopic (exact) mass is 195 g/mol. The van der Waals surface area contributed by atoms with Crippen molar-refractivity contribution in [1.82, 2.24) is 15.2 Å². The van der Waals surface area contributed by atoms with Gasteiger partial charge in [-0.1, -0.05) is 11.3 Å². The maximum absolute atomic E-state index is 10.8. The van der Waals surface area contributed by atoms with Crippen molar-refractivity contribution in [3.05, 3.63) is 28.1 Å². The minimum atomic E-state index is -0.224. The van der Waals surface area contributed by atoms with Crippen LogP contribution in [0.2, 0.25) is 0 Å². The molecule has 5 nitrogen and oxygen atoms in total. The van der Waals surface area contributed by atoms with Crippen LogP contribution in [-0.2, 0) is 0 Å². The van der Waals surface area contributed by atoms with Crippen LogP contribution < -0.4 is 4.87 Å². The van der Waals surface area contributed by atoms with E-state index in [9.17, 15) is 4.79 Å². The molecule has 2 rings (SSSR count). The molecule has 2 N–H and O–H groups in total. The van der Waals surface area contributed by atoms with Gasteiger partial charge >= 0.3 is 4.87 Å². The molecule has 0 spiro atoms. The molecule has 0 saturated heterocycles. The molecule has 0 bridgehead atoms. The first-order valence-electron chi connectivity index (χ1n) is 3.45. The van der Waals surface area contributed by atoms with Crippen molar-refractivity contribution >= 4 is 11.3 Å². The number of aromatic hydroxyl groups is 1. The van der Waals surface area contributed by atoms with Gasteiger partial charge in [-0.05, 0) is 6.07 Å². The van der Waals surface area contributed by atoms with E-state index in [-0.39, 0.29) is 10.6 Å². The van der Waals surface area contributed by atoms with E-state index in [4.69, 9.17) is 5.11 Å². The maximum Gasteiger partial charge on any atom is 0.322 e. The van der Waals surface area contributed by atoms with Crippen LogP contribution in [0.3, 0.4) is 0 Å². The lowest BCUT2D eigenvalue weighted by atomic mass is 10.3. The van der Waals surface area contributed by atoms with Crippen LogP contribution in [0.5, 0.6) is 5.75 Å². The summed E-state index contributed by atoms with van der Waals surface area (Å²) >= 11 is 0.976. The summed E-state index contributed by atoms with van der Waals surface area (Å²) in [5, 5.41) is 15.7. The van der Waals surface area contributed by atoms with E-state index in [2.05, 4.69) is 15.2 Å². The Kier molecular flexibility index (Phi) is 1.82. The van der Waals surface area contributed by atoms with E-state index in [1.54, 1.807) is 0 Å². The first kappa shape index (κ1) is 7.93. The lowest BCUT2D eigenvalue weighted by Crippen LogP contribution is -1.90. The largest absolute Gasteiger partial charge is 0.506 e. The number of pyridine rings is 1. The molecule has 66 valence electrons. The summed E-state index contributed by atoms with van der Waals surface area (Å²) in [5.74, 6) is 0.0557. The van der Waals surface area contributed by atoms with E-state index < -0.39 is 0 Å². The average Bonchev–Trinajstić information content (AvgIpc) is 2.52. The van der Waals surface area contributed by atoms with Crippen LogP contribution in [0.15, 0.2) is 23.3 Å². The van der Waals surface area contributed by atoms with Gasteiger partial charge in [0.05, 0.1) is 6.20 Å². The average molecular weight is 195 g/mol. The van der Waals surface area contributed by atoms with Crippen LogP contribution >= 0.6 is 11.3 Å². The SMILES string of the molecule is O=c1[nH]nc(-c2cncc(O)c2)s1. The van der Waals surface area contributed by atoms with Crippen molar-refractivity contribution in [3.63, 3.8) is 0 Å². The number of hydrogen-bond donors (Lipinski definition) is 2. The van der Waals surface area contributed by atoms with Crippen molar-refractivity contribution in [2.75, 3.05) is 0 Å². The lowest BCUT2D eigenvalue weighted by molar-refractivity contribution is 0.473. The Balaban J connectivity index is 2.52. The quantitative estimate of drug-likeness (QED) is 0.698. The third kappa shape index (κ3) is 1.57. The molecule has 0 saturated carbocycles. The van der Waals surface area contributed by atoms with Crippen LogP contribution in [0, 0.1) is 0 Å². The summed E-state index contributed by atoms with van der Waals surface area (Å²) in [6.07, 6.45) is 2.85. The molecule has 2 aromatic rings. The Morgan fingerprint density at radius 3 is 2.92 bits per heavy atom. The zero-order valence-corrected chi connectivity index (χ0v) is 7.21. The zero-order valence-electron chi connectivity index (χ0n) is 6.39.